The van der Waals surface area contributed by atoms with Crippen molar-refractivity contribution in [2.45, 2.75) is 70.9 Å². The fraction of sp³-hybridized carbons (Fsp3) is 0.560. The van der Waals surface area contributed by atoms with Crippen molar-refractivity contribution < 1.29 is 14.1 Å². The molecular formula is C25H31N3O3. The number of β-lactam (4-membered cyclic amide) rings is 1. The number of carbonyl (C=O) groups excluding carboxylic acids is 2. The fourth-order valence-electron chi connectivity index (χ4n) is 6.15. The Morgan fingerprint density at radius 1 is 1.06 bits per heavy atom. The number of aryl methyl sites for hydroxylation is 2. The maximum Gasteiger partial charge on any atom is 0.259 e. The highest BCUT2D eigenvalue weighted by Gasteiger charge is 2.62. The van der Waals surface area contributed by atoms with Gasteiger partial charge in [0.15, 0.2) is 0 Å². The van der Waals surface area contributed by atoms with E-state index >= 15 is 0 Å². The molecule has 164 valence electrons. The highest BCUT2D eigenvalue weighted by Crippen LogP contribution is 2.59. The largest absolute Gasteiger partial charge is 0.361 e. The summed E-state index contributed by atoms with van der Waals surface area (Å²) in [4.78, 5) is 30.6. The molecule has 2 saturated heterocycles. The van der Waals surface area contributed by atoms with Gasteiger partial charge < -0.3 is 14.3 Å². The maximum absolute atomic E-state index is 13.5. The summed E-state index contributed by atoms with van der Waals surface area (Å²) in [5, 5.41) is 3.92. The molecule has 0 bridgehead atoms. The van der Waals surface area contributed by atoms with E-state index in [1.165, 1.54) is 12.0 Å². The third-order valence-corrected chi connectivity index (χ3v) is 7.72. The molecule has 1 saturated carbocycles. The van der Waals surface area contributed by atoms with E-state index in [0.29, 0.717) is 36.0 Å². The Labute approximate surface area is 183 Å². The molecule has 31 heavy (non-hydrogen) atoms. The van der Waals surface area contributed by atoms with Crippen LogP contribution in [0.25, 0.3) is 0 Å². The van der Waals surface area contributed by atoms with Crippen LogP contribution >= 0.6 is 0 Å². The number of amides is 2. The lowest BCUT2D eigenvalue weighted by Gasteiger charge is -2.61. The summed E-state index contributed by atoms with van der Waals surface area (Å²) < 4.78 is 5.18. The summed E-state index contributed by atoms with van der Waals surface area (Å²) in [7, 11) is 0. The van der Waals surface area contributed by atoms with E-state index in [0.717, 1.165) is 38.5 Å². The molecule has 6 nitrogen and oxygen atoms in total. The number of hydrogen-bond donors (Lipinski definition) is 0. The van der Waals surface area contributed by atoms with Crippen LogP contribution in [0.5, 0.6) is 0 Å². The number of piperidine rings is 1. The first-order valence-corrected chi connectivity index (χ1v) is 11.6. The number of nitrogens with zero attached hydrogens (tertiary/aromatic N) is 3. The van der Waals surface area contributed by atoms with Crippen LogP contribution in [-0.4, -0.2) is 45.9 Å². The summed E-state index contributed by atoms with van der Waals surface area (Å²) in [6.07, 6.45) is 7.18. The van der Waals surface area contributed by atoms with E-state index in [4.69, 9.17) is 4.52 Å². The average Bonchev–Trinajstić information content (AvgIpc) is 3.15. The van der Waals surface area contributed by atoms with Crippen molar-refractivity contribution in [1.29, 1.82) is 0 Å². The van der Waals surface area contributed by atoms with Gasteiger partial charge in [0.05, 0.1) is 17.2 Å². The normalized spacial score (nSPS) is 23.8. The van der Waals surface area contributed by atoms with Crippen molar-refractivity contribution in [2.75, 3.05) is 13.1 Å². The van der Waals surface area contributed by atoms with Crippen LogP contribution in [-0.2, 0) is 4.79 Å². The topological polar surface area (TPSA) is 66.7 Å². The second kappa shape index (κ2) is 7.81. The molecule has 0 N–H and O–H groups in total. The number of aromatic nitrogens is 1. The van der Waals surface area contributed by atoms with Gasteiger partial charge in [-0.1, -0.05) is 54.8 Å². The molecule has 2 amide bonds. The lowest BCUT2D eigenvalue weighted by molar-refractivity contribution is -0.186. The first-order valence-electron chi connectivity index (χ1n) is 11.6. The zero-order chi connectivity index (χ0) is 21.6. The first kappa shape index (κ1) is 20.3. The Bertz CT molecular complexity index is 950. The van der Waals surface area contributed by atoms with Crippen molar-refractivity contribution >= 4 is 11.8 Å². The molecular weight excluding hydrogens is 390 g/mol. The molecule has 1 aromatic carbocycles. The minimum absolute atomic E-state index is 0.00649. The van der Waals surface area contributed by atoms with Gasteiger partial charge in [-0.2, -0.15) is 0 Å². The molecule has 1 unspecified atom stereocenters. The lowest BCUT2D eigenvalue weighted by Crippen LogP contribution is -2.67. The highest BCUT2D eigenvalue weighted by atomic mass is 16.5. The maximum atomic E-state index is 13.5. The van der Waals surface area contributed by atoms with Crippen LogP contribution in [0.3, 0.4) is 0 Å². The highest BCUT2D eigenvalue weighted by molar-refractivity contribution is 5.96. The predicted molar refractivity (Wildman–Crippen MR) is 116 cm³/mol. The number of carbonyl (C=O) groups is 2. The van der Waals surface area contributed by atoms with E-state index in [9.17, 15) is 9.59 Å². The molecule has 0 radical (unpaired) electrons. The molecule has 3 heterocycles. The summed E-state index contributed by atoms with van der Waals surface area (Å²) >= 11 is 0. The minimum atomic E-state index is -0.205. The number of benzene rings is 1. The number of likely N-dealkylation sites (tertiary alicyclic amines) is 2. The Morgan fingerprint density at radius 2 is 1.74 bits per heavy atom. The second-order valence-electron chi connectivity index (χ2n) is 9.46. The first-order chi connectivity index (χ1) is 15.0. The van der Waals surface area contributed by atoms with Crippen molar-refractivity contribution in [3.8, 4) is 0 Å². The average molecular weight is 422 g/mol. The summed E-state index contributed by atoms with van der Waals surface area (Å²) in [5.74, 6) is 0.912. The monoisotopic (exact) mass is 421 g/mol. The quantitative estimate of drug-likeness (QED) is 0.688. The van der Waals surface area contributed by atoms with E-state index < -0.39 is 0 Å². The van der Waals surface area contributed by atoms with Gasteiger partial charge in [0.1, 0.15) is 11.3 Å². The van der Waals surface area contributed by atoms with Gasteiger partial charge in [-0.15, -0.1) is 0 Å². The standard InChI is InChI=1S/C25H31N3O3/c1-17-21(18(2)31-26-17)23(29)27-15-11-20(12-16-27)28-22(19-9-5-3-6-10-19)25(24(28)30)13-7-4-8-14-25/h3,5-6,9-10,20,22H,4,7-8,11-16H2,1-2H3. The van der Waals surface area contributed by atoms with E-state index in [2.05, 4.69) is 34.3 Å². The van der Waals surface area contributed by atoms with Gasteiger partial charge in [-0.3, -0.25) is 9.59 Å². The van der Waals surface area contributed by atoms with Crippen LogP contribution in [0.15, 0.2) is 34.9 Å². The smallest absolute Gasteiger partial charge is 0.259 e. The van der Waals surface area contributed by atoms with Crippen molar-refractivity contribution in [3.05, 3.63) is 52.9 Å². The molecule has 2 aromatic rings. The van der Waals surface area contributed by atoms with Crippen molar-refractivity contribution in [2.24, 2.45) is 5.41 Å². The van der Waals surface area contributed by atoms with E-state index in [1.54, 1.807) is 6.92 Å². The lowest BCUT2D eigenvalue weighted by atomic mass is 9.59. The summed E-state index contributed by atoms with van der Waals surface area (Å²) in [6.45, 7) is 4.91. The zero-order valence-corrected chi connectivity index (χ0v) is 18.5. The van der Waals surface area contributed by atoms with Crippen molar-refractivity contribution in [1.82, 2.24) is 15.0 Å². The Hall–Kier alpha value is -2.63. The van der Waals surface area contributed by atoms with Crippen molar-refractivity contribution in [3.63, 3.8) is 0 Å². The van der Waals surface area contributed by atoms with Gasteiger partial charge in [-0.25, -0.2) is 0 Å². The second-order valence-corrected chi connectivity index (χ2v) is 9.46. The van der Waals surface area contributed by atoms with Crippen LogP contribution < -0.4 is 0 Å². The van der Waals surface area contributed by atoms with E-state index in [1.807, 2.05) is 17.9 Å². The SMILES string of the molecule is Cc1noc(C)c1C(=O)N1CCC(N2C(=O)C3(CCCCC3)C2c2ccccc2)CC1. The number of hydrogen-bond acceptors (Lipinski definition) is 4. The Balaban J connectivity index is 1.33. The zero-order valence-electron chi connectivity index (χ0n) is 18.5. The van der Waals surface area contributed by atoms with Gasteiger partial charge >= 0.3 is 0 Å². The predicted octanol–water partition coefficient (Wildman–Crippen LogP) is 4.43. The molecule has 1 spiro atoms. The molecule has 1 atom stereocenters. The van der Waals surface area contributed by atoms with E-state index in [-0.39, 0.29) is 23.4 Å². The molecule has 3 aliphatic rings. The van der Waals surface area contributed by atoms with Gasteiger partial charge in [0.2, 0.25) is 5.91 Å². The minimum Gasteiger partial charge on any atom is -0.361 e. The summed E-state index contributed by atoms with van der Waals surface area (Å²) in [5.41, 5.74) is 2.29. The van der Waals surface area contributed by atoms with Crippen LogP contribution in [0.1, 0.15) is 78.4 Å². The van der Waals surface area contributed by atoms with Gasteiger partial charge in [-0.05, 0) is 45.1 Å². The van der Waals surface area contributed by atoms with Crippen LogP contribution in [0.4, 0.5) is 0 Å². The van der Waals surface area contributed by atoms with Gasteiger partial charge in [0.25, 0.3) is 5.91 Å². The molecule has 6 heteroatoms. The van der Waals surface area contributed by atoms with Crippen LogP contribution in [0, 0.1) is 19.3 Å². The third-order valence-electron chi connectivity index (χ3n) is 7.72. The van der Waals surface area contributed by atoms with Crippen LogP contribution in [0.2, 0.25) is 0 Å². The van der Waals surface area contributed by atoms with Gasteiger partial charge in [0, 0.05) is 19.1 Å². The molecule has 1 aromatic heterocycles. The third kappa shape index (κ3) is 3.19. The number of rotatable bonds is 3. The molecule has 1 aliphatic carbocycles. The molecule has 3 fully saturated rings. The molecule has 5 rings (SSSR count). The fourth-order valence-corrected chi connectivity index (χ4v) is 6.15. The summed E-state index contributed by atoms with van der Waals surface area (Å²) in [6, 6.07) is 10.9. The molecule has 2 aliphatic heterocycles. The Morgan fingerprint density at radius 3 is 2.35 bits per heavy atom. The Kier molecular flexibility index (Phi) is 5.11.